The summed E-state index contributed by atoms with van der Waals surface area (Å²) in [4.78, 5) is 5.59. The monoisotopic (exact) mass is 739 g/mol. The van der Waals surface area contributed by atoms with E-state index < -0.39 is 0 Å². The van der Waals surface area contributed by atoms with E-state index in [1.54, 1.807) is 0 Å². The van der Waals surface area contributed by atoms with Gasteiger partial charge in [0.1, 0.15) is 6.17 Å². The minimum atomic E-state index is -0.176. The van der Waals surface area contributed by atoms with Gasteiger partial charge < -0.3 is 9.88 Å². The van der Waals surface area contributed by atoms with E-state index >= 15 is 0 Å². The molecule has 11 rings (SSSR count). The maximum absolute atomic E-state index is 5.59. The molecule has 3 heteroatoms. The summed E-state index contributed by atoms with van der Waals surface area (Å²) in [6.07, 6.45) is 14.2. The summed E-state index contributed by atoms with van der Waals surface area (Å²) in [5, 5.41) is 9.06. The predicted molar refractivity (Wildman–Crippen MR) is 240 cm³/mol. The first-order valence-electron chi connectivity index (χ1n) is 20.9. The molecule has 7 aromatic rings. The molecule has 0 radical (unpaired) electrons. The Hall–Kier alpha value is -5.93. The molecule has 1 aromatic heterocycles. The third-order valence-electron chi connectivity index (χ3n) is 13.7. The van der Waals surface area contributed by atoms with Crippen LogP contribution in [0.3, 0.4) is 0 Å². The van der Waals surface area contributed by atoms with E-state index in [0.29, 0.717) is 5.92 Å². The Morgan fingerprint density at radius 2 is 1.44 bits per heavy atom. The Morgan fingerprint density at radius 3 is 2.30 bits per heavy atom. The van der Waals surface area contributed by atoms with Crippen molar-refractivity contribution in [1.82, 2.24) is 9.88 Å². The number of para-hydroxylation sites is 1. The van der Waals surface area contributed by atoms with Gasteiger partial charge in [-0.2, -0.15) is 0 Å². The maximum atomic E-state index is 5.59. The number of hydrogen-bond donors (Lipinski definition) is 1. The van der Waals surface area contributed by atoms with Crippen LogP contribution >= 0.6 is 0 Å². The second-order valence-electron chi connectivity index (χ2n) is 18.1. The standard InChI is InChI=1S/C54H49N3/c1-53(2)27-28-54(3,4)46-33-49-44(32-45(46)53)43-19-10-11-20-48(43)57(49)41-25-23-37-30-40(22-21-38(37)31-41)52-55-47-26-24-35-15-8-9-18-42(35)50(47)51(56-52)39-17-12-16-36(29-39)34-13-6-5-7-14-34/h5-13,15-23,25,29-34,52,55H,14,24,26-28H2,1-4H3. The number of allylic oxidation sites excluding steroid dienone is 6. The second-order valence-corrected chi connectivity index (χ2v) is 18.1. The van der Waals surface area contributed by atoms with Crippen LogP contribution < -0.4 is 5.32 Å². The van der Waals surface area contributed by atoms with Gasteiger partial charge in [0.2, 0.25) is 0 Å². The molecule has 4 aliphatic rings. The van der Waals surface area contributed by atoms with Crippen molar-refractivity contribution in [3.8, 4) is 5.69 Å². The normalized spacial score (nSPS) is 20.6. The summed E-state index contributed by atoms with van der Waals surface area (Å²) in [6.45, 7) is 9.70. The van der Waals surface area contributed by atoms with Gasteiger partial charge in [-0.25, -0.2) is 0 Å². The van der Waals surface area contributed by atoms with Crippen LogP contribution in [-0.4, -0.2) is 10.3 Å². The van der Waals surface area contributed by atoms with E-state index in [-0.39, 0.29) is 17.0 Å². The van der Waals surface area contributed by atoms with Crippen molar-refractivity contribution in [2.24, 2.45) is 4.99 Å². The van der Waals surface area contributed by atoms with Gasteiger partial charge in [0, 0.05) is 39.2 Å². The maximum Gasteiger partial charge on any atom is 0.145 e. The van der Waals surface area contributed by atoms with Crippen LogP contribution in [0.2, 0.25) is 0 Å². The summed E-state index contributed by atoms with van der Waals surface area (Å²) in [6, 6.07) is 45.9. The average molecular weight is 740 g/mol. The minimum Gasteiger partial charge on any atom is -0.363 e. The molecule has 6 aromatic carbocycles. The zero-order valence-electron chi connectivity index (χ0n) is 33.4. The van der Waals surface area contributed by atoms with Crippen molar-refractivity contribution < 1.29 is 0 Å². The van der Waals surface area contributed by atoms with E-state index in [1.165, 1.54) is 101 Å². The number of rotatable bonds is 4. The number of fused-ring (bicyclic) bond motifs is 7. The Balaban J connectivity index is 1.01. The number of aryl methyl sites for hydroxylation is 1. The summed E-state index contributed by atoms with van der Waals surface area (Å²) in [7, 11) is 0. The van der Waals surface area contributed by atoms with E-state index in [1.807, 2.05) is 0 Å². The van der Waals surface area contributed by atoms with E-state index in [9.17, 15) is 0 Å². The lowest BCUT2D eigenvalue weighted by Gasteiger charge is -2.42. The van der Waals surface area contributed by atoms with Crippen LogP contribution in [-0.2, 0) is 17.3 Å². The summed E-state index contributed by atoms with van der Waals surface area (Å²) in [5.41, 5.74) is 17.1. The zero-order chi connectivity index (χ0) is 38.5. The Kier molecular flexibility index (Phi) is 7.71. The van der Waals surface area contributed by atoms with Crippen LogP contribution in [0, 0.1) is 0 Å². The highest BCUT2D eigenvalue weighted by atomic mass is 15.1. The van der Waals surface area contributed by atoms with E-state index in [4.69, 9.17) is 4.99 Å². The first kappa shape index (κ1) is 34.3. The predicted octanol–water partition coefficient (Wildman–Crippen LogP) is 13.3. The molecule has 3 nitrogen and oxygen atoms in total. The number of nitrogens with one attached hydrogen (secondary N) is 1. The van der Waals surface area contributed by atoms with Crippen LogP contribution in [0.4, 0.5) is 0 Å². The Labute approximate surface area is 336 Å². The molecule has 0 spiro atoms. The zero-order valence-corrected chi connectivity index (χ0v) is 33.4. The van der Waals surface area contributed by atoms with Crippen molar-refractivity contribution in [3.63, 3.8) is 0 Å². The molecule has 1 N–H and O–H groups in total. The molecule has 0 fully saturated rings. The van der Waals surface area contributed by atoms with Crippen molar-refractivity contribution >= 4 is 43.9 Å². The van der Waals surface area contributed by atoms with Crippen molar-refractivity contribution in [2.75, 3.05) is 0 Å². The minimum absolute atomic E-state index is 0.139. The van der Waals surface area contributed by atoms with E-state index in [0.717, 1.165) is 25.0 Å². The van der Waals surface area contributed by atoms with Crippen LogP contribution in [0.15, 0.2) is 156 Å². The van der Waals surface area contributed by atoms with Gasteiger partial charge in [0.05, 0.1) is 16.7 Å². The molecule has 2 atom stereocenters. The SMILES string of the molecule is CC1(C)CCC(C)(C)c2cc3c(cc21)c1ccccc1n3-c1ccc2cc(C3N=C(c4cccc(C5C=CC=CC5)c4)C4=C(CCc5ccccc54)N3)ccc2c1. The molecule has 280 valence electrons. The Bertz CT molecular complexity index is 2930. The van der Waals surface area contributed by atoms with Crippen molar-refractivity contribution in [2.45, 2.75) is 82.7 Å². The van der Waals surface area contributed by atoms with Gasteiger partial charge in [-0.1, -0.05) is 131 Å². The van der Waals surface area contributed by atoms with Crippen LogP contribution in [0.25, 0.3) is 43.8 Å². The van der Waals surface area contributed by atoms with Crippen LogP contribution in [0.1, 0.15) is 104 Å². The quantitative estimate of drug-likeness (QED) is 0.191. The molecule has 0 amide bonds. The molecule has 0 saturated carbocycles. The first-order chi connectivity index (χ1) is 27.7. The van der Waals surface area contributed by atoms with Gasteiger partial charge in [-0.05, 0) is 130 Å². The number of hydrogen-bond acceptors (Lipinski definition) is 2. The highest BCUT2D eigenvalue weighted by molar-refractivity contribution is 6.33. The summed E-state index contributed by atoms with van der Waals surface area (Å²) in [5.74, 6) is 0.386. The van der Waals surface area contributed by atoms with Gasteiger partial charge in [0.25, 0.3) is 0 Å². The largest absolute Gasteiger partial charge is 0.363 e. The van der Waals surface area contributed by atoms with E-state index in [2.05, 4.69) is 183 Å². The van der Waals surface area contributed by atoms with Gasteiger partial charge in [-0.15, -0.1) is 0 Å². The number of aromatic nitrogens is 1. The molecule has 3 aliphatic carbocycles. The third kappa shape index (κ3) is 5.57. The van der Waals surface area contributed by atoms with Gasteiger partial charge in [-0.3, -0.25) is 4.99 Å². The van der Waals surface area contributed by atoms with Crippen molar-refractivity contribution in [1.29, 1.82) is 0 Å². The van der Waals surface area contributed by atoms with Gasteiger partial charge in [0.15, 0.2) is 0 Å². The fourth-order valence-electron chi connectivity index (χ4n) is 10.3. The topological polar surface area (TPSA) is 29.3 Å². The molecule has 57 heavy (non-hydrogen) atoms. The number of nitrogens with zero attached hydrogens (tertiary/aromatic N) is 2. The summed E-state index contributed by atoms with van der Waals surface area (Å²) >= 11 is 0. The smallest absolute Gasteiger partial charge is 0.145 e. The number of benzene rings is 6. The lowest BCUT2D eigenvalue weighted by atomic mass is 9.63. The lowest BCUT2D eigenvalue weighted by molar-refractivity contribution is 0.332. The molecular weight excluding hydrogens is 691 g/mol. The number of aliphatic imine (C=N–C) groups is 1. The Morgan fingerprint density at radius 1 is 0.649 bits per heavy atom. The molecule has 2 heterocycles. The first-order valence-corrected chi connectivity index (χ1v) is 20.9. The molecule has 1 aliphatic heterocycles. The van der Waals surface area contributed by atoms with Gasteiger partial charge >= 0.3 is 0 Å². The molecular formula is C54H49N3. The molecule has 0 saturated heterocycles. The average Bonchev–Trinajstić information content (AvgIpc) is 3.58. The molecule has 2 unspecified atom stereocenters. The highest BCUT2D eigenvalue weighted by Crippen LogP contribution is 2.49. The molecule has 0 bridgehead atoms. The lowest BCUT2D eigenvalue weighted by Crippen LogP contribution is -2.33. The highest BCUT2D eigenvalue weighted by Gasteiger charge is 2.38. The second kappa shape index (κ2) is 12.8. The van der Waals surface area contributed by atoms with Crippen LogP contribution in [0.5, 0.6) is 0 Å². The fourth-order valence-corrected chi connectivity index (χ4v) is 10.3. The summed E-state index contributed by atoms with van der Waals surface area (Å²) < 4.78 is 2.50. The third-order valence-corrected chi connectivity index (χ3v) is 13.7. The fraction of sp³-hybridized carbons (Fsp3) is 0.241. The van der Waals surface area contributed by atoms with Crippen molar-refractivity contribution in [3.05, 3.63) is 190 Å².